The summed E-state index contributed by atoms with van der Waals surface area (Å²) in [7, 11) is 1.42. The molecule has 2 bridgehead atoms. The maximum Gasteiger partial charge on any atom is 0.408 e. The first-order valence-electron chi connectivity index (χ1n) is 11.0. The van der Waals surface area contributed by atoms with E-state index in [1.165, 1.54) is 36.1 Å². The Balaban J connectivity index is 1.53. The SMILES string of the molecule is COc1ccc(C(=O)CN2c3nc(N4C[C@@H]5CC4(C)CO5)cc(=O)n3CC[C@H]2C(F)(F)F)cn1. The van der Waals surface area contributed by atoms with Crippen LogP contribution in [0.2, 0.25) is 0 Å². The Morgan fingerprint density at radius 1 is 1.35 bits per heavy atom. The number of carbonyl (C=O) groups is 1. The van der Waals surface area contributed by atoms with Crippen molar-refractivity contribution >= 4 is 17.5 Å². The van der Waals surface area contributed by atoms with Gasteiger partial charge in [-0.25, -0.2) is 4.98 Å². The lowest BCUT2D eigenvalue weighted by Crippen LogP contribution is -2.54. The molecule has 5 heterocycles. The summed E-state index contributed by atoms with van der Waals surface area (Å²) in [6.07, 6.45) is -2.96. The Morgan fingerprint density at radius 2 is 2.15 bits per heavy atom. The normalized spacial score (nSPS) is 26.0. The van der Waals surface area contributed by atoms with Crippen molar-refractivity contribution in [2.24, 2.45) is 0 Å². The van der Waals surface area contributed by atoms with Crippen LogP contribution < -0.4 is 20.1 Å². The fraction of sp³-hybridized carbons (Fsp3) is 0.545. The Bertz CT molecular complexity index is 1170. The first-order valence-corrected chi connectivity index (χ1v) is 11.0. The minimum Gasteiger partial charge on any atom is -0.481 e. The van der Waals surface area contributed by atoms with Gasteiger partial charge in [-0.1, -0.05) is 0 Å². The maximum absolute atomic E-state index is 14.0. The summed E-state index contributed by atoms with van der Waals surface area (Å²) < 4.78 is 53.8. The highest BCUT2D eigenvalue weighted by molar-refractivity contribution is 5.99. The summed E-state index contributed by atoms with van der Waals surface area (Å²) in [5.74, 6) is -0.143. The number of rotatable bonds is 5. The third-order valence-electron chi connectivity index (χ3n) is 6.80. The first-order chi connectivity index (χ1) is 16.1. The fourth-order valence-electron chi connectivity index (χ4n) is 5.03. The van der Waals surface area contributed by atoms with Crippen LogP contribution in [0, 0.1) is 0 Å². The van der Waals surface area contributed by atoms with Gasteiger partial charge in [0, 0.05) is 43.4 Å². The number of pyridine rings is 1. The molecule has 9 nitrogen and oxygen atoms in total. The lowest BCUT2D eigenvalue weighted by atomic mass is 10.0. The molecule has 2 aromatic rings. The fourth-order valence-corrected chi connectivity index (χ4v) is 5.03. The van der Waals surface area contributed by atoms with Crippen LogP contribution in [0.15, 0.2) is 29.2 Å². The number of Topliss-reactive ketones (excluding diaryl/α,β-unsaturated/α-hetero) is 1. The molecule has 34 heavy (non-hydrogen) atoms. The van der Waals surface area contributed by atoms with Crippen molar-refractivity contribution in [2.45, 2.75) is 50.2 Å². The van der Waals surface area contributed by atoms with E-state index >= 15 is 0 Å². The number of ketones is 1. The summed E-state index contributed by atoms with van der Waals surface area (Å²) in [5, 5.41) is 0. The molecule has 2 aromatic heterocycles. The summed E-state index contributed by atoms with van der Waals surface area (Å²) in [6, 6.07) is 2.32. The smallest absolute Gasteiger partial charge is 0.408 e. The van der Waals surface area contributed by atoms with Crippen LogP contribution in [-0.2, 0) is 11.3 Å². The van der Waals surface area contributed by atoms with Crippen LogP contribution in [0.25, 0.3) is 0 Å². The summed E-state index contributed by atoms with van der Waals surface area (Å²) in [4.78, 5) is 37.2. The largest absolute Gasteiger partial charge is 0.481 e. The molecule has 2 fully saturated rings. The number of methoxy groups -OCH3 is 1. The standard InChI is InChI=1S/C22H24F3N5O4/c1-21-8-14(34-12-21)10-30(21)17-7-19(32)28-6-5-16(22(23,24)25)29(20(28)27-17)11-15(31)13-3-4-18(33-2)26-9-13/h3-4,7,9,14,16H,5-6,8,10-12H2,1-2H3/t14-,16-,21?/m0/s1. The van der Waals surface area contributed by atoms with Crippen molar-refractivity contribution in [3.05, 3.63) is 40.3 Å². The third-order valence-corrected chi connectivity index (χ3v) is 6.80. The molecule has 3 aliphatic heterocycles. The van der Waals surface area contributed by atoms with Crippen molar-refractivity contribution in [2.75, 3.05) is 36.6 Å². The highest BCUT2D eigenvalue weighted by Crippen LogP contribution is 2.41. The van der Waals surface area contributed by atoms with E-state index in [1.807, 2.05) is 11.8 Å². The second-order valence-corrected chi connectivity index (χ2v) is 9.14. The highest BCUT2D eigenvalue weighted by Gasteiger charge is 2.51. The van der Waals surface area contributed by atoms with Crippen LogP contribution in [0.5, 0.6) is 5.88 Å². The molecule has 0 saturated carbocycles. The van der Waals surface area contributed by atoms with Gasteiger partial charge in [0.15, 0.2) is 5.78 Å². The van der Waals surface area contributed by atoms with E-state index in [1.54, 1.807) is 0 Å². The van der Waals surface area contributed by atoms with Gasteiger partial charge in [-0.2, -0.15) is 18.2 Å². The van der Waals surface area contributed by atoms with Crippen LogP contribution in [0.1, 0.15) is 30.1 Å². The minimum absolute atomic E-state index is 0.00577. The molecule has 0 spiro atoms. The highest BCUT2D eigenvalue weighted by atomic mass is 19.4. The molecule has 0 aromatic carbocycles. The van der Waals surface area contributed by atoms with Crippen LogP contribution in [0.3, 0.4) is 0 Å². The molecule has 182 valence electrons. The van der Waals surface area contributed by atoms with E-state index in [0.29, 0.717) is 19.0 Å². The lowest BCUT2D eigenvalue weighted by molar-refractivity contribution is -0.152. The average molecular weight is 479 g/mol. The van der Waals surface area contributed by atoms with Crippen molar-refractivity contribution in [3.63, 3.8) is 0 Å². The maximum atomic E-state index is 14.0. The summed E-state index contributed by atoms with van der Waals surface area (Å²) >= 11 is 0. The number of alkyl halides is 3. The molecule has 0 amide bonds. The van der Waals surface area contributed by atoms with Gasteiger partial charge in [-0.15, -0.1) is 0 Å². The minimum atomic E-state index is -4.61. The number of ether oxygens (including phenoxy) is 2. The molecule has 1 unspecified atom stereocenters. The number of carbonyl (C=O) groups excluding carboxylic acids is 1. The molecule has 12 heteroatoms. The van der Waals surface area contributed by atoms with E-state index in [9.17, 15) is 22.8 Å². The topological polar surface area (TPSA) is 89.8 Å². The van der Waals surface area contributed by atoms with E-state index < -0.39 is 30.1 Å². The number of morpholine rings is 1. The van der Waals surface area contributed by atoms with Gasteiger partial charge >= 0.3 is 6.18 Å². The van der Waals surface area contributed by atoms with Gasteiger partial charge in [-0.05, 0) is 19.4 Å². The van der Waals surface area contributed by atoms with E-state index in [2.05, 4.69) is 9.97 Å². The van der Waals surface area contributed by atoms with Gasteiger partial charge in [-0.3, -0.25) is 14.2 Å². The molecule has 3 atom stereocenters. The Hall–Kier alpha value is -3.15. The molecule has 3 aliphatic rings. The number of nitrogens with zero attached hydrogens (tertiary/aromatic N) is 5. The van der Waals surface area contributed by atoms with Crippen LogP contribution >= 0.6 is 0 Å². The number of fused-ring (bicyclic) bond motifs is 3. The monoisotopic (exact) mass is 479 g/mol. The predicted octanol–water partition coefficient (Wildman–Crippen LogP) is 2.04. The van der Waals surface area contributed by atoms with Gasteiger partial charge < -0.3 is 19.3 Å². The van der Waals surface area contributed by atoms with E-state index in [-0.39, 0.29) is 42.0 Å². The van der Waals surface area contributed by atoms with Gasteiger partial charge in [0.05, 0.1) is 31.9 Å². The Morgan fingerprint density at radius 3 is 2.74 bits per heavy atom. The second-order valence-electron chi connectivity index (χ2n) is 9.14. The van der Waals surface area contributed by atoms with E-state index in [4.69, 9.17) is 9.47 Å². The Labute approximate surface area is 193 Å². The predicted molar refractivity (Wildman–Crippen MR) is 116 cm³/mol. The van der Waals surface area contributed by atoms with Crippen LogP contribution in [0.4, 0.5) is 24.9 Å². The molecule has 2 saturated heterocycles. The number of halogens is 3. The number of hydrogen-bond acceptors (Lipinski definition) is 8. The Kier molecular flexibility index (Phi) is 5.30. The van der Waals surface area contributed by atoms with Crippen LogP contribution in [-0.4, -0.2) is 71.0 Å². The van der Waals surface area contributed by atoms with Crippen molar-refractivity contribution in [1.29, 1.82) is 0 Å². The number of hydrogen-bond donors (Lipinski definition) is 0. The van der Waals surface area contributed by atoms with Crippen molar-refractivity contribution in [3.8, 4) is 5.88 Å². The quantitative estimate of drug-likeness (QED) is 0.602. The zero-order valence-corrected chi connectivity index (χ0v) is 18.7. The zero-order chi connectivity index (χ0) is 24.3. The molecule has 0 radical (unpaired) electrons. The van der Waals surface area contributed by atoms with Gasteiger partial charge in [0.25, 0.3) is 5.56 Å². The van der Waals surface area contributed by atoms with Gasteiger partial charge in [0.2, 0.25) is 11.8 Å². The molecule has 5 rings (SSSR count). The van der Waals surface area contributed by atoms with Gasteiger partial charge in [0.1, 0.15) is 11.9 Å². The zero-order valence-electron chi connectivity index (χ0n) is 18.7. The van der Waals surface area contributed by atoms with Crippen molar-refractivity contribution in [1.82, 2.24) is 14.5 Å². The van der Waals surface area contributed by atoms with E-state index in [0.717, 1.165) is 11.3 Å². The first kappa shape index (κ1) is 22.6. The lowest BCUT2D eigenvalue weighted by Gasteiger charge is -2.40. The molecular formula is C22H24F3N5O4. The molecule has 0 aliphatic carbocycles. The molecular weight excluding hydrogens is 455 g/mol. The molecule has 0 N–H and O–H groups in total. The number of anilines is 2. The van der Waals surface area contributed by atoms with Crippen molar-refractivity contribution < 1.29 is 27.4 Å². The second kappa shape index (κ2) is 7.97. The summed E-state index contributed by atoms with van der Waals surface area (Å²) in [5.41, 5.74) is -0.688. The average Bonchev–Trinajstić information content (AvgIpc) is 3.34. The number of aromatic nitrogens is 3. The summed E-state index contributed by atoms with van der Waals surface area (Å²) in [6.45, 7) is 2.21. The third kappa shape index (κ3) is 3.79.